The highest BCUT2D eigenvalue weighted by Crippen LogP contribution is 2.35. The van der Waals surface area contributed by atoms with Crippen LogP contribution in [0.25, 0.3) is 10.9 Å². The number of hydrogen-bond donors (Lipinski definition) is 2. The normalized spacial score (nSPS) is 16.8. The van der Waals surface area contributed by atoms with E-state index in [0.29, 0.717) is 23.7 Å². The average Bonchev–Trinajstić information content (AvgIpc) is 3.24. The van der Waals surface area contributed by atoms with Crippen molar-refractivity contribution in [3.8, 4) is 5.75 Å². The minimum Gasteiger partial charge on any atom is -0.497 e. The lowest BCUT2D eigenvalue weighted by atomic mass is 10.1. The molecule has 150 valence electrons. The zero-order valence-corrected chi connectivity index (χ0v) is 17.2. The third kappa shape index (κ3) is 3.71. The Balaban J connectivity index is 1.44. The van der Waals surface area contributed by atoms with E-state index in [9.17, 15) is 9.59 Å². The van der Waals surface area contributed by atoms with E-state index in [-0.39, 0.29) is 23.3 Å². The third-order valence-electron chi connectivity index (χ3n) is 5.08. The molecule has 3 aromatic rings. The van der Waals surface area contributed by atoms with Crippen LogP contribution in [0.15, 0.2) is 42.6 Å². The Morgan fingerprint density at radius 2 is 2.07 bits per heavy atom. The Morgan fingerprint density at radius 3 is 2.86 bits per heavy atom. The predicted octanol–water partition coefficient (Wildman–Crippen LogP) is 3.95. The summed E-state index contributed by atoms with van der Waals surface area (Å²) in [6.45, 7) is 0.547. The number of ether oxygens (including phenoxy) is 1. The van der Waals surface area contributed by atoms with Crippen LogP contribution in [-0.4, -0.2) is 36.5 Å². The van der Waals surface area contributed by atoms with Crippen molar-refractivity contribution in [3.63, 3.8) is 0 Å². The van der Waals surface area contributed by atoms with Crippen LogP contribution in [0.3, 0.4) is 0 Å². The molecule has 6 nitrogen and oxygen atoms in total. The number of carbonyl (C=O) groups excluding carboxylic acids is 2. The SMILES string of the molecule is COc1ccc2[nH]cc(CCNC3CC(=O)N(c4cccc(Cl)c4Cl)C3=O)c2c1. The number of benzene rings is 2. The van der Waals surface area contributed by atoms with Gasteiger partial charge in [-0.15, -0.1) is 0 Å². The number of imide groups is 1. The molecule has 0 bridgehead atoms. The second kappa shape index (κ2) is 8.06. The topological polar surface area (TPSA) is 74.4 Å². The molecule has 2 aromatic carbocycles. The number of carbonyl (C=O) groups is 2. The van der Waals surface area contributed by atoms with E-state index in [1.807, 2.05) is 24.4 Å². The number of nitrogens with one attached hydrogen (secondary N) is 2. The summed E-state index contributed by atoms with van der Waals surface area (Å²) in [6.07, 6.45) is 2.73. The molecule has 8 heteroatoms. The number of fused-ring (bicyclic) bond motifs is 1. The lowest BCUT2D eigenvalue weighted by molar-refractivity contribution is -0.121. The molecule has 1 unspecified atom stereocenters. The average molecular weight is 432 g/mol. The molecule has 1 saturated heterocycles. The highest BCUT2D eigenvalue weighted by molar-refractivity contribution is 6.44. The van der Waals surface area contributed by atoms with Gasteiger partial charge in [-0.2, -0.15) is 0 Å². The number of halogens is 2. The van der Waals surface area contributed by atoms with Crippen LogP contribution >= 0.6 is 23.2 Å². The van der Waals surface area contributed by atoms with Crippen molar-refractivity contribution in [2.24, 2.45) is 0 Å². The van der Waals surface area contributed by atoms with Crippen molar-refractivity contribution in [1.82, 2.24) is 10.3 Å². The maximum atomic E-state index is 12.8. The van der Waals surface area contributed by atoms with Crippen LogP contribution in [0.4, 0.5) is 5.69 Å². The molecule has 1 aromatic heterocycles. The molecule has 1 aliphatic rings. The van der Waals surface area contributed by atoms with Gasteiger partial charge in [-0.05, 0) is 42.3 Å². The summed E-state index contributed by atoms with van der Waals surface area (Å²) in [6, 6.07) is 10.2. The molecule has 1 aliphatic heterocycles. The summed E-state index contributed by atoms with van der Waals surface area (Å²) < 4.78 is 5.29. The van der Waals surface area contributed by atoms with E-state index in [0.717, 1.165) is 27.1 Å². The van der Waals surface area contributed by atoms with Gasteiger partial charge in [-0.25, -0.2) is 4.90 Å². The fourth-order valence-electron chi connectivity index (χ4n) is 3.58. The summed E-state index contributed by atoms with van der Waals surface area (Å²) >= 11 is 12.2. The van der Waals surface area contributed by atoms with Gasteiger partial charge in [0.05, 0.1) is 35.3 Å². The number of methoxy groups -OCH3 is 1. The van der Waals surface area contributed by atoms with E-state index in [1.54, 1.807) is 25.3 Å². The number of anilines is 1. The summed E-state index contributed by atoms with van der Waals surface area (Å²) in [4.78, 5) is 29.6. The first-order valence-electron chi connectivity index (χ1n) is 9.18. The molecule has 0 saturated carbocycles. The van der Waals surface area contributed by atoms with Crippen molar-refractivity contribution in [3.05, 3.63) is 58.2 Å². The second-order valence-electron chi connectivity index (χ2n) is 6.83. The van der Waals surface area contributed by atoms with Crippen molar-refractivity contribution < 1.29 is 14.3 Å². The Labute approximate surface area is 177 Å². The van der Waals surface area contributed by atoms with Gasteiger partial charge in [-0.3, -0.25) is 9.59 Å². The Hall–Kier alpha value is -2.54. The van der Waals surface area contributed by atoms with Crippen LogP contribution in [0, 0.1) is 0 Å². The van der Waals surface area contributed by atoms with E-state index >= 15 is 0 Å². The Bertz CT molecular complexity index is 1100. The monoisotopic (exact) mass is 431 g/mol. The lowest BCUT2D eigenvalue weighted by Crippen LogP contribution is -2.39. The molecular formula is C21H19Cl2N3O3. The van der Waals surface area contributed by atoms with Crippen molar-refractivity contribution in [1.29, 1.82) is 0 Å². The maximum Gasteiger partial charge on any atom is 0.251 e. The fourth-order valence-corrected chi connectivity index (χ4v) is 3.96. The largest absolute Gasteiger partial charge is 0.497 e. The molecule has 29 heavy (non-hydrogen) atoms. The number of aromatic amines is 1. The predicted molar refractivity (Wildman–Crippen MR) is 114 cm³/mol. The van der Waals surface area contributed by atoms with Gasteiger partial charge < -0.3 is 15.0 Å². The Kier molecular flexibility index (Phi) is 5.50. The zero-order chi connectivity index (χ0) is 20.5. The summed E-state index contributed by atoms with van der Waals surface area (Å²) in [5.74, 6) is 0.171. The van der Waals surface area contributed by atoms with Gasteiger partial charge in [0, 0.05) is 23.6 Å². The minimum absolute atomic E-state index is 0.0867. The molecule has 1 atom stereocenters. The van der Waals surface area contributed by atoms with Crippen LogP contribution in [0.1, 0.15) is 12.0 Å². The van der Waals surface area contributed by atoms with E-state index in [4.69, 9.17) is 27.9 Å². The summed E-state index contributed by atoms with van der Waals surface area (Å²) in [7, 11) is 1.63. The number of aromatic nitrogens is 1. The molecule has 0 radical (unpaired) electrons. The third-order valence-corrected chi connectivity index (χ3v) is 5.89. The first-order chi connectivity index (χ1) is 14.0. The minimum atomic E-state index is -0.586. The van der Waals surface area contributed by atoms with Crippen molar-refractivity contribution in [2.45, 2.75) is 18.9 Å². The highest BCUT2D eigenvalue weighted by Gasteiger charge is 2.40. The highest BCUT2D eigenvalue weighted by atomic mass is 35.5. The number of H-pyrrole nitrogens is 1. The maximum absolute atomic E-state index is 12.8. The standard InChI is InChI=1S/C21H19Cl2N3O3/c1-29-13-5-6-16-14(9-13)12(11-25-16)7-8-24-17-10-19(27)26(21(17)28)18-4-2-3-15(22)20(18)23/h2-6,9,11,17,24-25H,7-8,10H2,1H3. The summed E-state index contributed by atoms with van der Waals surface area (Å²) in [5.41, 5.74) is 2.45. The molecule has 2 amide bonds. The van der Waals surface area contributed by atoms with Gasteiger partial charge in [0.2, 0.25) is 5.91 Å². The van der Waals surface area contributed by atoms with Crippen LogP contribution in [0.5, 0.6) is 5.75 Å². The van der Waals surface area contributed by atoms with Gasteiger partial charge in [0.15, 0.2) is 0 Å². The molecule has 2 heterocycles. The number of nitrogens with zero attached hydrogens (tertiary/aromatic N) is 1. The van der Waals surface area contributed by atoms with Gasteiger partial charge in [-0.1, -0.05) is 29.3 Å². The molecule has 0 spiro atoms. The van der Waals surface area contributed by atoms with Gasteiger partial charge in [0.1, 0.15) is 5.75 Å². The molecule has 2 N–H and O–H groups in total. The van der Waals surface area contributed by atoms with Crippen molar-refractivity contribution >= 4 is 51.6 Å². The number of rotatable bonds is 6. The Morgan fingerprint density at radius 1 is 1.24 bits per heavy atom. The molecule has 4 rings (SSSR count). The first-order valence-corrected chi connectivity index (χ1v) is 9.93. The molecule has 0 aliphatic carbocycles. The van der Waals surface area contributed by atoms with Crippen molar-refractivity contribution in [2.75, 3.05) is 18.6 Å². The zero-order valence-electron chi connectivity index (χ0n) is 15.7. The number of amides is 2. The quantitative estimate of drug-likeness (QED) is 0.579. The second-order valence-corrected chi connectivity index (χ2v) is 7.61. The molecular weight excluding hydrogens is 413 g/mol. The first kappa shape index (κ1) is 19.8. The smallest absolute Gasteiger partial charge is 0.251 e. The molecule has 1 fully saturated rings. The van der Waals surface area contributed by atoms with E-state index in [2.05, 4.69) is 10.3 Å². The van der Waals surface area contributed by atoms with Crippen LogP contribution < -0.4 is 15.0 Å². The number of hydrogen-bond acceptors (Lipinski definition) is 4. The van der Waals surface area contributed by atoms with Gasteiger partial charge >= 0.3 is 0 Å². The van der Waals surface area contributed by atoms with Gasteiger partial charge in [0.25, 0.3) is 5.91 Å². The summed E-state index contributed by atoms with van der Waals surface area (Å²) in [5, 5.41) is 4.77. The van der Waals surface area contributed by atoms with Crippen LogP contribution in [-0.2, 0) is 16.0 Å². The fraction of sp³-hybridized carbons (Fsp3) is 0.238. The van der Waals surface area contributed by atoms with E-state index < -0.39 is 6.04 Å². The van der Waals surface area contributed by atoms with E-state index in [1.165, 1.54) is 0 Å². The lowest BCUT2D eigenvalue weighted by Gasteiger charge is -2.17. The van der Waals surface area contributed by atoms with Crippen LogP contribution in [0.2, 0.25) is 10.0 Å².